The molecule has 0 aliphatic heterocycles. The van der Waals surface area contributed by atoms with Crippen molar-refractivity contribution in [3.8, 4) is 11.5 Å². The topological polar surface area (TPSA) is 61.8 Å². The van der Waals surface area contributed by atoms with Crippen molar-refractivity contribution in [3.63, 3.8) is 0 Å². The zero-order chi connectivity index (χ0) is 18.1. The van der Waals surface area contributed by atoms with Gasteiger partial charge in [-0.1, -0.05) is 24.3 Å². The lowest BCUT2D eigenvalue weighted by atomic mass is 9.93. The summed E-state index contributed by atoms with van der Waals surface area (Å²) in [6.45, 7) is 3.17. The van der Waals surface area contributed by atoms with E-state index in [1.54, 1.807) is 13.2 Å². The Kier molecular flexibility index (Phi) is 4.31. The molecular formula is C20H18O5. The van der Waals surface area contributed by atoms with Crippen LogP contribution in [0.5, 0.6) is 11.5 Å². The maximum Gasteiger partial charge on any atom is 0.338 e. The van der Waals surface area contributed by atoms with Gasteiger partial charge in [0.05, 0.1) is 19.8 Å². The van der Waals surface area contributed by atoms with Gasteiger partial charge < -0.3 is 14.2 Å². The van der Waals surface area contributed by atoms with Crippen molar-refractivity contribution in [2.75, 3.05) is 14.2 Å². The standard InChI is InChI=1S/C20H18O5/c1-11-15(20(22)24-4)9-18(25-12(2)21)16-10-17(23-3)13-7-5-6-8-14(13)19(11)16/h5-10H,1-4H3. The molecule has 0 aliphatic carbocycles. The Morgan fingerprint density at radius 3 is 2.20 bits per heavy atom. The van der Waals surface area contributed by atoms with Gasteiger partial charge in [-0.2, -0.15) is 0 Å². The molecule has 3 aromatic carbocycles. The van der Waals surface area contributed by atoms with Crippen LogP contribution in [0.1, 0.15) is 22.8 Å². The number of hydrogen-bond donors (Lipinski definition) is 0. The minimum atomic E-state index is -0.479. The number of fused-ring (bicyclic) bond motifs is 3. The Labute approximate surface area is 145 Å². The Hall–Kier alpha value is -3.08. The van der Waals surface area contributed by atoms with Gasteiger partial charge in [-0.3, -0.25) is 4.79 Å². The highest BCUT2D eigenvalue weighted by Crippen LogP contribution is 2.40. The van der Waals surface area contributed by atoms with Crippen LogP contribution in [0.3, 0.4) is 0 Å². The van der Waals surface area contributed by atoms with Gasteiger partial charge in [0.1, 0.15) is 11.5 Å². The van der Waals surface area contributed by atoms with Crippen LogP contribution in [0.15, 0.2) is 36.4 Å². The van der Waals surface area contributed by atoms with Crippen LogP contribution in [0.4, 0.5) is 0 Å². The van der Waals surface area contributed by atoms with Gasteiger partial charge in [0, 0.05) is 17.7 Å². The van der Waals surface area contributed by atoms with Gasteiger partial charge in [0.2, 0.25) is 0 Å². The Bertz CT molecular complexity index is 1000. The molecule has 5 nitrogen and oxygen atoms in total. The van der Waals surface area contributed by atoms with E-state index in [1.165, 1.54) is 14.0 Å². The first-order valence-corrected chi connectivity index (χ1v) is 7.77. The first-order chi connectivity index (χ1) is 12.0. The number of benzene rings is 3. The second kappa shape index (κ2) is 6.43. The molecule has 3 rings (SSSR count). The van der Waals surface area contributed by atoms with E-state index in [2.05, 4.69) is 0 Å². The van der Waals surface area contributed by atoms with E-state index in [4.69, 9.17) is 14.2 Å². The van der Waals surface area contributed by atoms with E-state index in [-0.39, 0.29) is 0 Å². The van der Waals surface area contributed by atoms with Crippen molar-refractivity contribution in [1.82, 2.24) is 0 Å². The molecule has 0 bridgehead atoms. The molecule has 0 heterocycles. The van der Waals surface area contributed by atoms with Gasteiger partial charge >= 0.3 is 11.9 Å². The summed E-state index contributed by atoms with van der Waals surface area (Å²) < 4.78 is 15.7. The molecule has 0 spiro atoms. The summed E-state index contributed by atoms with van der Waals surface area (Å²) in [5, 5.41) is 3.36. The molecule has 25 heavy (non-hydrogen) atoms. The van der Waals surface area contributed by atoms with Crippen LogP contribution < -0.4 is 9.47 Å². The Balaban J connectivity index is 2.53. The number of ether oxygens (including phenoxy) is 3. The molecule has 0 aromatic heterocycles. The summed E-state index contributed by atoms with van der Waals surface area (Å²) in [6, 6.07) is 11.1. The number of methoxy groups -OCH3 is 2. The molecular weight excluding hydrogens is 320 g/mol. The average molecular weight is 338 g/mol. The lowest BCUT2D eigenvalue weighted by Crippen LogP contribution is -2.08. The van der Waals surface area contributed by atoms with Crippen LogP contribution in [0.25, 0.3) is 21.5 Å². The van der Waals surface area contributed by atoms with Crippen LogP contribution in [-0.4, -0.2) is 26.2 Å². The predicted octanol–water partition coefficient (Wildman–Crippen LogP) is 4.02. The smallest absolute Gasteiger partial charge is 0.338 e. The molecule has 0 atom stereocenters. The van der Waals surface area contributed by atoms with Crippen LogP contribution in [0.2, 0.25) is 0 Å². The third-order valence-electron chi connectivity index (χ3n) is 4.21. The van der Waals surface area contributed by atoms with Crippen molar-refractivity contribution >= 4 is 33.5 Å². The van der Waals surface area contributed by atoms with E-state index in [0.717, 1.165) is 21.7 Å². The lowest BCUT2D eigenvalue weighted by molar-refractivity contribution is -0.131. The van der Waals surface area contributed by atoms with Crippen LogP contribution in [0, 0.1) is 6.92 Å². The summed E-state index contributed by atoms with van der Waals surface area (Å²) >= 11 is 0. The van der Waals surface area contributed by atoms with Crippen molar-refractivity contribution < 1.29 is 23.8 Å². The molecule has 0 aliphatic rings. The monoisotopic (exact) mass is 338 g/mol. The summed E-state index contributed by atoms with van der Waals surface area (Å²) in [4.78, 5) is 23.7. The van der Waals surface area contributed by atoms with Gasteiger partial charge in [-0.25, -0.2) is 4.79 Å². The van der Waals surface area contributed by atoms with Crippen molar-refractivity contribution in [2.24, 2.45) is 0 Å². The molecule has 0 fully saturated rings. The van der Waals surface area contributed by atoms with Crippen molar-refractivity contribution in [3.05, 3.63) is 47.5 Å². The molecule has 0 radical (unpaired) electrons. The predicted molar refractivity (Wildman–Crippen MR) is 95.4 cm³/mol. The highest BCUT2D eigenvalue weighted by atomic mass is 16.5. The fraction of sp³-hybridized carbons (Fsp3) is 0.200. The van der Waals surface area contributed by atoms with E-state index >= 15 is 0 Å². The average Bonchev–Trinajstić information content (AvgIpc) is 2.61. The quantitative estimate of drug-likeness (QED) is 0.410. The van der Waals surface area contributed by atoms with Gasteiger partial charge in [-0.15, -0.1) is 0 Å². The Morgan fingerprint density at radius 1 is 0.920 bits per heavy atom. The van der Waals surface area contributed by atoms with Gasteiger partial charge in [-0.05, 0) is 35.4 Å². The zero-order valence-electron chi connectivity index (χ0n) is 14.5. The van der Waals surface area contributed by atoms with Crippen molar-refractivity contribution in [1.29, 1.82) is 0 Å². The normalized spacial score (nSPS) is 10.7. The molecule has 0 unspecified atom stereocenters. The van der Waals surface area contributed by atoms with Crippen LogP contribution >= 0.6 is 0 Å². The van der Waals surface area contributed by atoms with Crippen LogP contribution in [-0.2, 0) is 9.53 Å². The fourth-order valence-corrected chi connectivity index (χ4v) is 3.12. The lowest BCUT2D eigenvalue weighted by Gasteiger charge is -2.16. The van der Waals surface area contributed by atoms with E-state index in [0.29, 0.717) is 22.4 Å². The largest absolute Gasteiger partial charge is 0.496 e. The number of hydrogen-bond acceptors (Lipinski definition) is 5. The molecule has 0 saturated heterocycles. The van der Waals surface area contributed by atoms with Crippen molar-refractivity contribution in [2.45, 2.75) is 13.8 Å². The molecule has 0 N–H and O–H groups in total. The number of aryl methyl sites for hydroxylation is 1. The summed E-state index contributed by atoms with van der Waals surface area (Å²) in [6.07, 6.45) is 0. The minimum absolute atomic E-state index is 0.303. The third kappa shape index (κ3) is 2.78. The molecule has 0 saturated carbocycles. The molecule has 128 valence electrons. The van der Waals surface area contributed by atoms with Gasteiger partial charge in [0.15, 0.2) is 0 Å². The second-order valence-corrected chi connectivity index (χ2v) is 5.68. The minimum Gasteiger partial charge on any atom is -0.496 e. The highest BCUT2D eigenvalue weighted by molar-refractivity contribution is 6.16. The number of rotatable bonds is 3. The first-order valence-electron chi connectivity index (χ1n) is 7.77. The Morgan fingerprint density at radius 2 is 1.60 bits per heavy atom. The van der Waals surface area contributed by atoms with E-state index in [1.807, 2.05) is 37.3 Å². The summed E-state index contributed by atoms with van der Waals surface area (Å²) in [5.41, 5.74) is 1.12. The number of esters is 2. The maximum absolute atomic E-state index is 12.2. The fourth-order valence-electron chi connectivity index (χ4n) is 3.12. The zero-order valence-corrected chi connectivity index (χ0v) is 14.5. The molecule has 3 aromatic rings. The molecule has 5 heteroatoms. The molecule has 0 amide bonds. The van der Waals surface area contributed by atoms with E-state index in [9.17, 15) is 9.59 Å². The highest BCUT2D eigenvalue weighted by Gasteiger charge is 2.20. The third-order valence-corrected chi connectivity index (χ3v) is 4.21. The first kappa shape index (κ1) is 16.8. The van der Waals surface area contributed by atoms with Gasteiger partial charge in [0.25, 0.3) is 0 Å². The van der Waals surface area contributed by atoms with E-state index < -0.39 is 11.9 Å². The number of carbonyl (C=O) groups excluding carboxylic acids is 2. The second-order valence-electron chi connectivity index (χ2n) is 5.68. The summed E-state index contributed by atoms with van der Waals surface area (Å²) in [5.74, 6) is 0.0278. The summed E-state index contributed by atoms with van der Waals surface area (Å²) in [7, 11) is 2.92. The maximum atomic E-state index is 12.2. The SMILES string of the molecule is COC(=O)c1cc(OC(C)=O)c2cc(OC)c3ccccc3c2c1C. The number of carbonyl (C=O) groups is 2.